The SMILES string of the molecule is CCC(N)CSC(C)C(=O)Nc1ccccc1. The molecule has 1 amide bonds. The van der Waals surface area contributed by atoms with E-state index in [1.165, 1.54) is 0 Å². The van der Waals surface area contributed by atoms with Gasteiger partial charge in [-0.25, -0.2) is 0 Å². The van der Waals surface area contributed by atoms with Crippen molar-refractivity contribution in [1.29, 1.82) is 0 Å². The third kappa shape index (κ3) is 5.24. The lowest BCUT2D eigenvalue weighted by molar-refractivity contribution is -0.115. The quantitative estimate of drug-likeness (QED) is 0.818. The van der Waals surface area contributed by atoms with E-state index >= 15 is 0 Å². The fourth-order valence-electron chi connectivity index (χ4n) is 1.23. The molecule has 0 aliphatic rings. The van der Waals surface area contributed by atoms with Crippen LogP contribution in [0.5, 0.6) is 0 Å². The minimum absolute atomic E-state index is 0.0319. The number of rotatable bonds is 6. The van der Waals surface area contributed by atoms with Gasteiger partial charge in [-0.05, 0) is 25.5 Å². The van der Waals surface area contributed by atoms with Gasteiger partial charge in [0.05, 0.1) is 5.25 Å². The molecule has 0 heterocycles. The molecule has 1 aromatic carbocycles. The van der Waals surface area contributed by atoms with Gasteiger partial charge in [-0.2, -0.15) is 0 Å². The van der Waals surface area contributed by atoms with E-state index in [0.29, 0.717) is 0 Å². The summed E-state index contributed by atoms with van der Waals surface area (Å²) in [5.74, 6) is 0.851. The Hall–Kier alpha value is -1.00. The minimum atomic E-state index is -0.0761. The molecule has 94 valence electrons. The van der Waals surface area contributed by atoms with Crippen LogP contribution in [-0.4, -0.2) is 23.0 Å². The summed E-state index contributed by atoms with van der Waals surface area (Å²) < 4.78 is 0. The molecule has 0 spiro atoms. The number of amides is 1. The van der Waals surface area contributed by atoms with Crippen LogP contribution < -0.4 is 11.1 Å². The number of nitrogens with two attached hydrogens (primary N) is 1. The Kier molecular flexibility index (Phi) is 6.08. The van der Waals surface area contributed by atoms with Crippen LogP contribution in [0, 0.1) is 0 Å². The molecule has 0 bridgehead atoms. The molecule has 2 atom stereocenters. The van der Waals surface area contributed by atoms with Gasteiger partial charge in [-0.1, -0.05) is 25.1 Å². The standard InChI is InChI=1S/C13H20N2OS/c1-3-11(14)9-17-10(2)13(16)15-12-7-5-4-6-8-12/h4-8,10-11H,3,9,14H2,1-2H3,(H,15,16). The zero-order valence-electron chi connectivity index (χ0n) is 10.3. The minimum Gasteiger partial charge on any atom is -0.327 e. The molecule has 0 saturated heterocycles. The van der Waals surface area contributed by atoms with Crippen molar-refractivity contribution in [3.05, 3.63) is 30.3 Å². The zero-order valence-corrected chi connectivity index (χ0v) is 11.2. The van der Waals surface area contributed by atoms with Crippen LogP contribution >= 0.6 is 11.8 Å². The van der Waals surface area contributed by atoms with E-state index in [-0.39, 0.29) is 17.2 Å². The van der Waals surface area contributed by atoms with E-state index in [4.69, 9.17) is 5.73 Å². The van der Waals surface area contributed by atoms with E-state index in [9.17, 15) is 4.79 Å². The monoisotopic (exact) mass is 252 g/mol. The molecule has 3 N–H and O–H groups in total. The summed E-state index contributed by atoms with van der Waals surface area (Å²) in [6.07, 6.45) is 0.944. The molecule has 0 saturated carbocycles. The van der Waals surface area contributed by atoms with Gasteiger partial charge in [0.2, 0.25) is 5.91 Å². The number of para-hydroxylation sites is 1. The lowest BCUT2D eigenvalue weighted by atomic mass is 10.3. The second-order valence-corrected chi connectivity index (χ2v) is 5.37. The van der Waals surface area contributed by atoms with Crippen LogP contribution in [0.3, 0.4) is 0 Å². The smallest absolute Gasteiger partial charge is 0.237 e. The van der Waals surface area contributed by atoms with Gasteiger partial charge >= 0.3 is 0 Å². The molecule has 0 aliphatic carbocycles. The first-order chi connectivity index (χ1) is 8.13. The van der Waals surface area contributed by atoms with E-state index in [1.54, 1.807) is 11.8 Å². The number of benzene rings is 1. The third-order valence-corrected chi connectivity index (χ3v) is 3.83. The fourth-order valence-corrected chi connectivity index (χ4v) is 2.21. The van der Waals surface area contributed by atoms with Crippen LogP contribution in [0.4, 0.5) is 5.69 Å². The first-order valence-corrected chi connectivity index (χ1v) is 6.91. The molecule has 3 nitrogen and oxygen atoms in total. The van der Waals surface area contributed by atoms with Gasteiger partial charge < -0.3 is 11.1 Å². The summed E-state index contributed by atoms with van der Waals surface area (Å²) in [5, 5.41) is 2.81. The molecule has 0 radical (unpaired) electrons. The summed E-state index contributed by atoms with van der Waals surface area (Å²) in [6, 6.07) is 9.67. The number of carbonyl (C=O) groups excluding carboxylic acids is 1. The number of anilines is 1. The maximum absolute atomic E-state index is 11.8. The van der Waals surface area contributed by atoms with Crippen LogP contribution in [0.1, 0.15) is 20.3 Å². The number of nitrogens with one attached hydrogen (secondary N) is 1. The van der Waals surface area contributed by atoms with Crippen molar-refractivity contribution in [1.82, 2.24) is 0 Å². The topological polar surface area (TPSA) is 55.1 Å². The van der Waals surface area contributed by atoms with Crippen molar-refractivity contribution in [2.45, 2.75) is 31.6 Å². The first-order valence-electron chi connectivity index (χ1n) is 5.86. The molecular formula is C13H20N2OS. The summed E-state index contributed by atoms with van der Waals surface area (Å²) in [6.45, 7) is 3.96. The molecule has 0 aliphatic heterocycles. The molecule has 1 aromatic rings. The highest BCUT2D eigenvalue weighted by atomic mass is 32.2. The van der Waals surface area contributed by atoms with Crippen molar-refractivity contribution in [3.8, 4) is 0 Å². The second kappa shape index (κ2) is 7.35. The number of hydrogen-bond donors (Lipinski definition) is 2. The maximum Gasteiger partial charge on any atom is 0.237 e. The Labute approximate surface area is 107 Å². The molecule has 0 aromatic heterocycles. The second-order valence-electron chi connectivity index (χ2n) is 4.00. The molecule has 17 heavy (non-hydrogen) atoms. The van der Waals surface area contributed by atoms with Gasteiger partial charge in [-0.3, -0.25) is 4.79 Å². The first kappa shape index (κ1) is 14.1. The lowest BCUT2D eigenvalue weighted by Gasteiger charge is -2.14. The Morgan fingerprint density at radius 3 is 2.65 bits per heavy atom. The summed E-state index contributed by atoms with van der Waals surface area (Å²) >= 11 is 1.60. The van der Waals surface area contributed by atoms with Gasteiger partial charge in [0.15, 0.2) is 0 Å². The summed E-state index contributed by atoms with van der Waals surface area (Å²) in [4.78, 5) is 11.8. The summed E-state index contributed by atoms with van der Waals surface area (Å²) in [5.41, 5.74) is 6.66. The van der Waals surface area contributed by atoms with E-state index in [2.05, 4.69) is 12.2 Å². The lowest BCUT2D eigenvalue weighted by Crippen LogP contribution is -2.27. The fraction of sp³-hybridized carbons (Fsp3) is 0.462. The largest absolute Gasteiger partial charge is 0.327 e. The Balaban J connectivity index is 2.37. The highest BCUT2D eigenvalue weighted by molar-refractivity contribution is 8.00. The maximum atomic E-state index is 11.8. The molecule has 4 heteroatoms. The van der Waals surface area contributed by atoms with Crippen molar-refractivity contribution >= 4 is 23.4 Å². The van der Waals surface area contributed by atoms with Crippen molar-refractivity contribution in [2.75, 3.05) is 11.1 Å². The van der Waals surface area contributed by atoms with Gasteiger partial charge in [0.1, 0.15) is 0 Å². The molecular weight excluding hydrogens is 232 g/mol. The van der Waals surface area contributed by atoms with E-state index in [0.717, 1.165) is 17.9 Å². The molecule has 0 fully saturated rings. The predicted molar refractivity (Wildman–Crippen MR) is 75.3 cm³/mol. The number of hydrogen-bond acceptors (Lipinski definition) is 3. The summed E-state index contributed by atoms with van der Waals surface area (Å²) in [7, 11) is 0. The highest BCUT2D eigenvalue weighted by Gasteiger charge is 2.14. The van der Waals surface area contributed by atoms with E-state index in [1.807, 2.05) is 37.3 Å². The van der Waals surface area contributed by atoms with Crippen LogP contribution in [0.15, 0.2) is 30.3 Å². The van der Waals surface area contributed by atoms with Crippen molar-refractivity contribution in [3.63, 3.8) is 0 Å². The average molecular weight is 252 g/mol. The van der Waals surface area contributed by atoms with Gasteiger partial charge in [0.25, 0.3) is 0 Å². The predicted octanol–water partition coefficient (Wildman–Crippen LogP) is 2.48. The van der Waals surface area contributed by atoms with Gasteiger partial charge in [-0.15, -0.1) is 11.8 Å². The van der Waals surface area contributed by atoms with Crippen LogP contribution in [0.25, 0.3) is 0 Å². The third-order valence-electron chi connectivity index (χ3n) is 2.50. The number of thioether (sulfide) groups is 1. The van der Waals surface area contributed by atoms with Crippen LogP contribution in [-0.2, 0) is 4.79 Å². The average Bonchev–Trinajstić information content (AvgIpc) is 2.36. The van der Waals surface area contributed by atoms with Crippen LogP contribution in [0.2, 0.25) is 0 Å². The number of carbonyl (C=O) groups is 1. The Bertz CT molecular complexity index is 343. The van der Waals surface area contributed by atoms with Crippen molar-refractivity contribution in [2.24, 2.45) is 5.73 Å². The Morgan fingerprint density at radius 2 is 2.06 bits per heavy atom. The van der Waals surface area contributed by atoms with Crippen molar-refractivity contribution < 1.29 is 4.79 Å². The molecule has 2 unspecified atom stereocenters. The molecule has 1 rings (SSSR count). The normalized spacial score (nSPS) is 14.1. The Morgan fingerprint density at radius 1 is 1.41 bits per heavy atom. The zero-order chi connectivity index (χ0) is 12.7. The highest BCUT2D eigenvalue weighted by Crippen LogP contribution is 2.15. The van der Waals surface area contributed by atoms with E-state index < -0.39 is 0 Å². The van der Waals surface area contributed by atoms with Gasteiger partial charge in [0, 0.05) is 17.5 Å².